The minimum atomic E-state index is -0.679. The minimum absolute atomic E-state index is 0.0297. The van der Waals surface area contributed by atoms with Gasteiger partial charge in [0.2, 0.25) is 5.75 Å². The second-order valence-electron chi connectivity index (χ2n) is 4.36. The summed E-state index contributed by atoms with van der Waals surface area (Å²) < 4.78 is 0. The highest BCUT2D eigenvalue weighted by Crippen LogP contribution is 2.30. The Kier molecular flexibility index (Phi) is 4.20. The number of rotatable bonds is 5. The van der Waals surface area contributed by atoms with Crippen molar-refractivity contribution in [3.63, 3.8) is 0 Å². The summed E-state index contributed by atoms with van der Waals surface area (Å²) in [6.45, 7) is 4.10. The maximum atomic E-state index is 10.7. The van der Waals surface area contributed by atoms with Crippen molar-refractivity contribution in [2.75, 3.05) is 0 Å². The van der Waals surface area contributed by atoms with Gasteiger partial charge in [0.05, 0.1) is 10.5 Å². The van der Waals surface area contributed by atoms with Crippen molar-refractivity contribution >= 4 is 12.0 Å². The monoisotopic (exact) mass is 237 g/mol. The van der Waals surface area contributed by atoms with Crippen LogP contribution in [0.25, 0.3) is 0 Å². The average Bonchev–Trinajstić information content (AvgIpc) is 2.27. The van der Waals surface area contributed by atoms with Gasteiger partial charge in [0, 0.05) is 6.07 Å². The molecule has 0 aromatic heterocycles. The second kappa shape index (κ2) is 5.43. The first-order valence-corrected chi connectivity index (χ1v) is 5.41. The molecule has 92 valence electrons. The molecule has 0 saturated heterocycles. The van der Waals surface area contributed by atoms with Crippen LogP contribution in [0, 0.1) is 16.0 Å². The van der Waals surface area contributed by atoms with Crippen LogP contribution in [0.15, 0.2) is 12.1 Å². The summed E-state index contributed by atoms with van der Waals surface area (Å²) in [6, 6.07) is 2.82. The second-order valence-corrected chi connectivity index (χ2v) is 4.36. The molecule has 0 bridgehead atoms. The molecule has 0 heterocycles. The van der Waals surface area contributed by atoms with Crippen molar-refractivity contribution in [3.8, 4) is 5.75 Å². The fourth-order valence-electron chi connectivity index (χ4n) is 1.53. The third-order valence-electron chi connectivity index (χ3n) is 2.51. The van der Waals surface area contributed by atoms with Crippen LogP contribution in [-0.2, 0) is 6.42 Å². The molecule has 0 aliphatic heterocycles. The molecule has 1 N–H and O–H groups in total. The van der Waals surface area contributed by atoms with Crippen molar-refractivity contribution in [1.29, 1.82) is 0 Å². The van der Waals surface area contributed by atoms with E-state index in [1.807, 2.05) is 0 Å². The molecule has 0 fully saturated rings. The number of nitro groups is 1. The summed E-state index contributed by atoms with van der Waals surface area (Å²) in [5, 5.41) is 20.2. The number of aldehydes is 1. The number of nitrogens with zero attached hydrogens (tertiary/aromatic N) is 1. The molecule has 1 aromatic carbocycles. The van der Waals surface area contributed by atoms with Gasteiger partial charge >= 0.3 is 5.69 Å². The highest BCUT2D eigenvalue weighted by atomic mass is 16.6. The predicted molar refractivity (Wildman–Crippen MR) is 63.3 cm³/mol. The molecule has 5 heteroatoms. The van der Waals surface area contributed by atoms with E-state index >= 15 is 0 Å². The highest BCUT2D eigenvalue weighted by Gasteiger charge is 2.18. The Morgan fingerprint density at radius 1 is 1.47 bits per heavy atom. The van der Waals surface area contributed by atoms with E-state index in [2.05, 4.69) is 13.8 Å². The van der Waals surface area contributed by atoms with Crippen LogP contribution in [0.2, 0.25) is 0 Å². The zero-order chi connectivity index (χ0) is 13.0. The first kappa shape index (κ1) is 13.2. The molecule has 0 aliphatic rings. The molecule has 1 rings (SSSR count). The summed E-state index contributed by atoms with van der Waals surface area (Å²) >= 11 is 0. The highest BCUT2D eigenvalue weighted by molar-refractivity contribution is 5.82. The zero-order valence-corrected chi connectivity index (χ0v) is 9.84. The SMILES string of the molecule is CC(C)CCc1cc(C=O)c(O)c([N+](=O)[O-])c1. The molecule has 0 amide bonds. The van der Waals surface area contributed by atoms with Gasteiger partial charge in [0.15, 0.2) is 6.29 Å². The first-order valence-electron chi connectivity index (χ1n) is 5.41. The van der Waals surface area contributed by atoms with Gasteiger partial charge < -0.3 is 5.11 Å². The number of carbonyl (C=O) groups excluding carboxylic acids is 1. The molecular weight excluding hydrogens is 222 g/mol. The van der Waals surface area contributed by atoms with Crippen molar-refractivity contribution in [2.24, 2.45) is 5.92 Å². The van der Waals surface area contributed by atoms with Crippen LogP contribution in [0.4, 0.5) is 5.69 Å². The Labute approximate surface area is 99.2 Å². The van der Waals surface area contributed by atoms with Crippen LogP contribution in [-0.4, -0.2) is 16.3 Å². The largest absolute Gasteiger partial charge is 0.502 e. The first-order chi connectivity index (χ1) is 7.95. The smallest absolute Gasteiger partial charge is 0.311 e. The number of aromatic hydroxyl groups is 1. The topological polar surface area (TPSA) is 80.4 Å². The van der Waals surface area contributed by atoms with E-state index in [-0.39, 0.29) is 5.56 Å². The molecule has 0 atom stereocenters. The standard InChI is InChI=1S/C12H15NO4/c1-8(2)3-4-9-5-10(7-14)12(15)11(6-9)13(16)17/h5-8,15H,3-4H2,1-2H3. The lowest BCUT2D eigenvalue weighted by molar-refractivity contribution is -0.385. The van der Waals surface area contributed by atoms with Crippen LogP contribution in [0.3, 0.4) is 0 Å². The molecule has 0 saturated carbocycles. The summed E-state index contributed by atoms with van der Waals surface area (Å²) in [6.07, 6.45) is 1.96. The van der Waals surface area contributed by atoms with E-state index in [0.717, 1.165) is 6.42 Å². The molecule has 17 heavy (non-hydrogen) atoms. The van der Waals surface area contributed by atoms with Crippen LogP contribution in [0.1, 0.15) is 36.2 Å². The number of nitro benzene ring substituents is 1. The molecule has 1 aromatic rings. The van der Waals surface area contributed by atoms with E-state index in [4.69, 9.17) is 0 Å². The number of carbonyl (C=O) groups is 1. The molecule has 5 nitrogen and oxygen atoms in total. The van der Waals surface area contributed by atoms with E-state index in [1.165, 1.54) is 12.1 Å². The predicted octanol–water partition coefficient (Wildman–Crippen LogP) is 2.70. The molecule has 0 aliphatic carbocycles. The van der Waals surface area contributed by atoms with Crippen molar-refractivity contribution in [3.05, 3.63) is 33.4 Å². The Morgan fingerprint density at radius 2 is 2.12 bits per heavy atom. The van der Waals surface area contributed by atoms with Crippen LogP contribution >= 0.6 is 0 Å². The number of aryl methyl sites for hydroxylation is 1. The van der Waals surface area contributed by atoms with Crippen molar-refractivity contribution < 1.29 is 14.8 Å². The summed E-state index contributed by atoms with van der Waals surface area (Å²) in [5.41, 5.74) is 0.261. The van der Waals surface area contributed by atoms with Gasteiger partial charge in [-0.05, 0) is 30.4 Å². The number of phenols is 1. The molecule has 0 spiro atoms. The van der Waals surface area contributed by atoms with Gasteiger partial charge in [-0.3, -0.25) is 14.9 Å². The fraction of sp³-hybridized carbons (Fsp3) is 0.417. The Balaban J connectivity index is 3.11. The van der Waals surface area contributed by atoms with Gasteiger partial charge in [0.1, 0.15) is 0 Å². The fourth-order valence-corrected chi connectivity index (χ4v) is 1.53. The third-order valence-corrected chi connectivity index (χ3v) is 2.51. The minimum Gasteiger partial charge on any atom is -0.502 e. The van der Waals surface area contributed by atoms with E-state index in [9.17, 15) is 20.0 Å². The summed E-state index contributed by atoms with van der Waals surface area (Å²) in [5.74, 6) is -0.0826. The Hall–Kier alpha value is -1.91. The van der Waals surface area contributed by atoms with Gasteiger partial charge in [-0.25, -0.2) is 0 Å². The third kappa shape index (κ3) is 3.27. The van der Waals surface area contributed by atoms with Gasteiger partial charge in [-0.15, -0.1) is 0 Å². The maximum absolute atomic E-state index is 10.7. The van der Waals surface area contributed by atoms with E-state index in [0.29, 0.717) is 24.2 Å². The quantitative estimate of drug-likeness (QED) is 0.485. The van der Waals surface area contributed by atoms with E-state index < -0.39 is 16.4 Å². The van der Waals surface area contributed by atoms with Crippen LogP contribution in [0.5, 0.6) is 5.75 Å². The zero-order valence-electron chi connectivity index (χ0n) is 9.84. The number of hydrogen-bond donors (Lipinski definition) is 1. The maximum Gasteiger partial charge on any atom is 0.311 e. The lowest BCUT2D eigenvalue weighted by Crippen LogP contribution is -1.97. The molecule has 0 unspecified atom stereocenters. The lowest BCUT2D eigenvalue weighted by Gasteiger charge is -2.06. The van der Waals surface area contributed by atoms with Gasteiger partial charge in [-0.1, -0.05) is 13.8 Å². The average molecular weight is 237 g/mol. The summed E-state index contributed by atoms with van der Waals surface area (Å²) in [4.78, 5) is 20.7. The number of benzene rings is 1. The number of hydrogen-bond acceptors (Lipinski definition) is 4. The van der Waals surface area contributed by atoms with Gasteiger partial charge in [-0.2, -0.15) is 0 Å². The van der Waals surface area contributed by atoms with Gasteiger partial charge in [0.25, 0.3) is 0 Å². The molecular formula is C12H15NO4. The Bertz CT molecular complexity index is 440. The van der Waals surface area contributed by atoms with Crippen molar-refractivity contribution in [2.45, 2.75) is 26.7 Å². The summed E-state index contributed by atoms with van der Waals surface area (Å²) in [7, 11) is 0. The van der Waals surface area contributed by atoms with E-state index in [1.54, 1.807) is 0 Å². The van der Waals surface area contributed by atoms with Crippen molar-refractivity contribution in [1.82, 2.24) is 0 Å². The Morgan fingerprint density at radius 3 is 2.59 bits per heavy atom. The normalized spacial score (nSPS) is 10.5. The number of phenolic OH excluding ortho intramolecular Hbond substituents is 1. The lowest BCUT2D eigenvalue weighted by atomic mass is 10.00. The van der Waals surface area contributed by atoms with Crippen LogP contribution < -0.4 is 0 Å². The molecule has 0 radical (unpaired) electrons.